The van der Waals surface area contributed by atoms with Gasteiger partial charge in [-0.3, -0.25) is 4.79 Å². The minimum absolute atomic E-state index is 0.271. The summed E-state index contributed by atoms with van der Waals surface area (Å²) in [5.41, 5.74) is -1.21. The van der Waals surface area contributed by atoms with Gasteiger partial charge in [-0.1, -0.05) is 0 Å². The van der Waals surface area contributed by atoms with Crippen molar-refractivity contribution in [2.45, 2.75) is 63.8 Å². The fourth-order valence-electron chi connectivity index (χ4n) is 2.78. The van der Waals surface area contributed by atoms with Crippen LogP contribution in [0.2, 0.25) is 0 Å². The largest absolute Gasteiger partial charge is 0.543 e. The van der Waals surface area contributed by atoms with Gasteiger partial charge < -0.3 is 25.1 Å². The van der Waals surface area contributed by atoms with Crippen LogP contribution in [0.5, 0.6) is 0 Å². The Labute approximate surface area is 136 Å². The summed E-state index contributed by atoms with van der Waals surface area (Å²) in [5.74, 6) is -6.29. The van der Waals surface area contributed by atoms with Crippen molar-refractivity contribution in [3.8, 4) is 0 Å². The Kier molecular flexibility index (Phi) is 6.77. The first-order chi connectivity index (χ1) is 10.5. The maximum absolute atomic E-state index is 12.2. The monoisotopic (exact) mass is 357 g/mol. The molecular weight excluding hydrogens is 337 g/mol. The van der Waals surface area contributed by atoms with Crippen LogP contribution in [0.15, 0.2) is 0 Å². The number of carboxylic acids is 2. The van der Waals surface area contributed by atoms with E-state index in [2.05, 4.69) is 0 Å². The molecule has 1 heterocycles. The predicted octanol–water partition coefficient (Wildman–Crippen LogP) is -2.86. The minimum Gasteiger partial charge on any atom is -0.543 e. The number of carbonyl (C=O) groups excluding carboxylic acids is 3. The third kappa shape index (κ3) is 6.32. The molecule has 1 aliphatic rings. The van der Waals surface area contributed by atoms with E-state index < -0.39 is 41.1 Å². The summed E-state index contributed by atoms with van der Waals surface area (Å²) in [6, 6.07) is -0.583. The second kappa shape index (κ2) is 7.34. The molecule has 11 heteroatoms. The van der Waals surface area contributed by atoms with E-state index in [4.69, 9.17) is 19.8 Å². The lowest BCUT2D eigenvalue weighted by molar-refractivity contribution is -1.16. The molecule has 0 aliphatic carbocycles. The average Bonchev–Trinajstić information content (AvgIpc) is 2.34. The van der Waals surface area contributed by atoms with Crippen LogP contribution in [0.3, 0.4) is 0 Å². The number of hydrogen-bond acceptors (Lipinski definition) is 6. The maximum atomic E-state index is 12.2. The van der Waals surface area contributed by atoms with Crippen LogP contribution >= 0.6 is 0 Å². The number of hydroxylamine groups is 2. The molecular formula is C13H20F3N2O6-. The highest BCUT2D eigenvalue weighted by Crippen LogP contribution is 2.24. The van der Waals surface area contributed by atoms with Gasteiger partial charge in [0.25, 0.3) is 0 Å². The van der Waals surface area contributed by atoms with E-state index in [-0.39, 0.29) is 5.06 Å². The van der Waals surface area contributed by atoms with Crippen molar-refractivity contribution in [2.24, 2.45) is 0 Å². The zero-order chi connectivity index (χ0) is 19.5. The van der Waals surface area contributed by atoms with Crippen LogP contribution in [-0.2, 0) is 14.4 Å². The first-order valence-corrected chi connectivity index (χ1v) is 6.87. The maximum Gasteiger partial charge on any atom is 0.471 e. The van der Waals surface area contributed by atoms with Crippen molar-refractivity contribution < 1.29 is 48.0 Å². The summed E-state index contributed by atoms with van der Waals surface area (Å²) in [6.07, 6.45) is -4.27. The summed E-state index contributed by atoms with van der Waals surface area (Å²) in [6.45, 7) is 7.04. The number of amides is 1. The smallest absolute Gasteiger partial charge is 0.471 e. The molecule has 0 bridgehead atoms. The number of carbonyl (C=O) groups is 3. The van der Waals surface area contributed by atoms with Crippen LogP contribution in [0.25, 0.3) is 0 Å². The molecule has 0 aromatic heterocycles. The van der Waals surface area contributed by atoms with Crippen molar-refractivity contribution in [3.63, 3.8) is 0 Å². The normalized spacial score (nSPS) is 25.0. The molecule has 1 fully saturated rings. The van der Waals surface area contributed by atoms with Gasteiger partial charge in [-0.05, 0) is 27.7 Å². The average molecular weight is 357 g/mol. The Morgan fingerprint density at radius 3 is 1.62 bits per heavy atom. The third-order valence-electron chi connectivity index (χ3n) is 3.55. The summed E-state index contributed by atoms with van der Waals surface area (Å²) in [5, 5.41) is 30.2. The molecule has 0 unspecified atom stereocenters. The third-order valence-corrected chi connectivity index (χ3v) is 3.55. The van der Waals surface area contributed by atoms with Crippen LogP contribution in [0, 0.1) is 0 Å². The van der Waals surface area contributed by atoms with Crippen LogP contribution in [0.4, 0.5) is 13.2 Å². The van der Waals surface area contributed by atoms with Gasteiger partial charge >= 0.3 is 12.1 Å². The number of halogens is 3. The highest BCUT2D eigenvalue weighted by molar-refractivity contribution is 6.25. The number of aliphatic carboxylic acids is 2. The molecule has 1 amide bonds. The van der Waals surface area contributed by atoms with E-state index in [1.54, 1.807) is 27.7 Å². The van der Waals surface area contributed by atoms with Crippen LogP contribution in [-0.4, -0.2) is 46.3 Å². The van der Waals surface area contributed by atoms with E-state index in [1.807, 2.05) is 5.32 Å². The standard InChI is InChI=1S/C11H19F3N2O2.C2H2O4/c1-9(2)5-7(6-10(3,4)16(9)18)15-8(17)11(12,13)14;3-1(4)2(5)6/h7,18H,5-6H2,1-4H3,(H,15,17);(H,3,4)(H,5,6)/p-1. The zero-order valence-electron chi connectivity index (χ0n) is 13.6. The lowest BCUT2D eigenvalue weighted by Crippen LogP contribution is -3.25. The molecule has 0 radical (unpaired) electrons. The Morgan fingerprint density at radius 1 is 1.04 bits per heavy atom. The van der Waals surface area contributed by atoms with E-state index in [0.29, 0.717) is 12.8 Å². The molecule has 0 saturated carbocycles. The molecule has 0 aromatic carbocycles. The number of alkyl halides is 3. The van der Waals surface area contributed by atoms with E-state index >= 15 is 0 Å². The Hall–Kier alpha value is -1.88. The van der Waals surface area contributed by atoms with Crippen LogP contribution in [0.1, 0.15) is 40.5 Å². The number of quaternary nitrogens is 1. The fraction of sp³-hybridized carbons (Fsp3) is 0.769. The molecule has 0 atom stereocenters. The van der Waals surface area contributed by atoms with Crippen molar-refractivity contribution >= 4 is 17.8 Å². The first kappa shape index (κ1) is 22.1. The van der Waals surface area contributed by atoms with Gasteiger partial charge in [-0.25, -0.2) is 5.21 Å². The number of rotatable bonds is 1. The van der Waals surface area contributed by atoms with Crippen LogP contribution < -0.4 is 20.6 Å². The van der Waals surface area contributed by atoms with Gasteiger partial charge in [0.05, 0.1) is 11.9 Å². The van der Waals surface area contributed by atoms with Gasteiger partial charge in [0.2, 0.25) is 0 Å². The summed E-state index contributed by atoms with van der Waals surface area (Å²) < 4.78 is 36.6. The second-order valence-electron chi connectivity index (χ2n) is 6.77. The van der Waals surface area contributed by atoms with Gasteiger partial charge in [-0.2, -0.15) is 18.2 Å². The first-order valence-electron chi connectivity index (χ1n) is 6.87. The van der Waals surface area contributed by atoms with E-state index in [9.17, 15) is 23.2 Å². The highest BCUT2D eigenvalue weighted by Gasteiger charge is 2.51. The number of piperidine rings is 1. The van der Waals surface area contributed by atoms with Gasteiger partial charge in [-0.15, -0.1) is 0 Å². The quantitative estimate of drug-likeness (QED) is 0.432. The van der Waals surface area contributed by atoms with Gasteiger partial charge in [0.1, 0.15) is 11.1 Å². The second-order valence-corrected chi connectivity index (χ2v) is 6.77. The number of nitrogens with one attached hydrogen (secondary N) is 2. The molecule has 1 saturated heterocycles. The van der Waals surface area contributed by atoms with Crippen molar-refractivity contribution in [1.82, 2.24) is 5.32 Å². The van der Waals surface area contributed by atoms with Gasteiger partial charge in [0, 0.05) is 18.9 Å². The molecule has 8 nitrogen and oxygen atoms in total. The van der Waals surface area contributed by atoms with E-state index in [0.717, 1.165) is 0 Å². The molecule has 1 rings (SSSR count). The number of hydrogen-bond donors (Lipinski definition) is 3. The lowest BCUT2D eigenvalue weighted by atomic mass is 9.79. The van der Waals surface area contributed by atoms with Gasteiger partial charge in [0.15, 0.2) is 0 Å². The molecule has 24 heavy (non-hydrogen) atoms. The summed E-state index contributed by atoms with van der Waals surface area (Å²) in [4.78, 5) is 28.8. The molecule has 0 aromatic rings. The SMILES string of the molecule is CC1(C)CC(NC(=O)C(F)(F)F)CC(C)(C)[NH+]1O.O=C([O-])C(=O)[O-]. The predicted molar refractivity (Wildman–Crippen MR) is 68.1 cm³/mol. The number of carboxylic acid groups (broad SMARTS) is 2. The summed E-state index contributed by atoms with van der Waals surface area (Å²) in [7, 11) is 0. The Balaban J connectivity index is 0.000000754. The van der Waals surface area contributed by atoms with E-state index in [1.165, 1.54) is 0 Å². The topological polar surface area (TPSA) is 134 Å². The van der Waals surface area contributed by atoms with Crippen molar-refractivity contribution in [3.05, 3.63) is 0 Å². The molecule has 0 spiro atoms. The highest BCUT2D eigenvalue weighted by atomic mass is 19.4. The molecule has 140 valence electrons. The fourth-order valence-corrected chi connectivity index (χ4v) is 2.78. The minimum atomic E-state index is -4.86. The zero-order valence-corrected chi connectivity index (χ0v) is 13.6. The summed E-state index contributed by atoms with van der Waals surface area (Å²) >= 11 is 0. The lowest BCUT2D eigenvalue weighted by Gasteiger charge is -2.47. The van der Waals surface area contributed by atoms with Crippen molar-refractivity contribution in [2.75, 3.05) is 0 Å². The Morgan fingerprint density at radius 2 is 1.38 bits per heavy atom. The molecule has 3 N–H and O–H groups in total. The Bertz CT molecular complexity index is 474. The van der Waals surface area contributed by atoms with Crippen molar-refractivity contribution in [1.29, 1.82) is 0 Å². The molecule has 1 aliphatic heterocycles.